The lowest BCUT2D eigenvalue weighted by Crippen LogP contribution is -2.44. The van der Waals surface area contributed by atoms with Crippen molar-refractivity contribution in [1.82, 2.24) is 30.5 Å². The normalized spacial score (nSPS) is 15.4. The summed E-state index contributed by atoms with van der Waals surface area (Å²) in [5.74, 6) is -0.463. The van der Waals surface area contributed by atoms with Crippen molar-refractivity contribution in [3.63, 3.8) is 0 Å². The number of halogens is 1. The average Bonchev–Trinajstić information content (AvgIpc) is 3.31. The van der Waals surface area contributed by atoms with Crippen LogP contribution in [-0.2, 0) is 4.74 Å². The monoisotopic (exact) mass is 446 g/mol. The van der Waals surface area contributed by atoms with E-state index in [0.717, 1.165) is 12.8 Å². The summed E-state index contributed by atoms with van der Waals surface area (Å²) < 4.78 is 26.6. The zero-order valence-corrected chi connectivity index (χ0v) is 18.3. The van der Waals surface area contributed by atoms with Crippen LogP contribution in [0.1, 0.15) is 26.7 Å². The Kier molecular flexibility index (Phi) is 8.06. The fourth-order valence-electron chi connectivity index (χ4n) is 3.07. The number of likely N-dealkylation sites (tertiary alicyclic amines) is 1. The van der Waals surface area contributed by atoms with Gasteiger partial charge in [-0.1, -0.05) is 0 Å². The molecule has 0 spiro atoms. The number of aromatic nitrogens is 4. The third-order valence-corrected chi connectivity index (χ3v) is 4.66. The van der Waals surface area contributed by atoms with E-state index in [-0.39, 0.29) is 30.6 Å². The molecule has 1 aromatic heterocycles. The van der Waals surface area contributed by atoms with Gasteiger partial charge in [0.05, 0.1) is 11.8 Å². The second-order valence-corrected chi connectivity index (χ2v) is 7.47. The van der Waals surface area contributed by atoms with Gasteiger partial charge in [-0.15, -0.1) is 5.10 Å². The predicted molar refractivity (Wildman–Crippen MR) is 116 cm³/mol. The van der Waals surface area contributed by atoms with Crippen LogP contribution < -0.4 is 10.2 Å². The number of carbonyl (C=O) groups is 1. The maximum absolute atomic E-state index is 14.4. The first-order valence-electron chi connectivity index (χ1n) is 10.3. The van der Waals surface area contributed by atoms with Gasteiger partial charge in [0, 0.05) is 38.5 Å². The van der Waals surface area contributed by atoms with E-state index in [2.05, 4.69) is 31.0 Å². The van der Waals surface area contributed by atoms with Gasteiger partial charge in [0.1, 0.15) is 18.6 Å². The van der Waals surface area contributed by atoms with Gasteiger partial charge >= 0.3 is 6.09 Å². The zero-order valence-electron chi connectivity index (χ0n) is 18.3. The number of ether oxygens (including phenoxy) is 2. The highest BCUT2D eigenvalue weighted by atomic mass is 19.1. The largest absolute Gasteiger partial charge is 0.484 e. The number of rotatable bonds is 8. The van der Waals surface area contributed by atoms with Crippen molar-refractivity contribution in [2.45, 2.75) is 38.8 Å². The lowest BCUT2D eigenvalue weighted by Gasteiger charge is -2.31. The highest BCUT2D eigenvalue weighted by Crippen LogP contribution is 2.20. The first-order valence-corrected chi connectivity index (χ1v) is 10.3. The minimum Gasteiger partial charge on any atom is -0.484 e. The molecule has 1 aromatic carbocycles. The Morgan fingerprint density at radius 3 is 2.78 bits per heavy atom. The molecule has 2 heterocycles. The number of hydrazone groups is 1. The molecule has 1 saturated heterocycles. The Balaban J connectivity index is 1.52. The predicted octanol–water partition coefficient (Wildman–Crippen LogP) is 1.84. The Labute approximate surface area is 185 Å². The number of nitrogens with one attached hydrogen (secondary N) is 1. The molecule has 0 bridgehead atoms. The molecule has 3 rings (SSSR count). The summed E-state index contributed by atoms with van der Waals surface area (Å²) in [6.07, 6.45) is 3.97. The van der Waals surface area contributed by atoms with E-state index in [1.54, 1.807) is 24.2 Å². The molecule has 12 heteroatoms. The minimum absolute atomic E-state index is 0.0328. The smallest absolute Gasteiger partial charge is 0.410 e. The quantitative estimate of drug-likeness (QED) is 0.485. The number of amides is 1. The summed E-state index contributed by atoms with van der Waals surface area (Å²) in [5.41, 5.74) is 4.10. The molecular weight excluding hydrogens is 419 g/mol. The molecule has 0 aliphatic carbocycles. The number of tetrazole rings is 1. The van der Waals surface area contributed by atoms with Gasteiger partial charge in [-0.3, -0.25) is 4.99 Å². The van der Waals surface area contributed by atoms with Crippen LogP contribution in [0.2, 0.25) is 0 Å². The molecular formula is C20H27FN8O3. The van der Waals surface area contributed by atoms with Crippen LogP contribution in [0.15, 0.2) is 34.6 Å². The van der Waals surface area contributed by atoms with Crippen LogP contribution in [0.4, 0.5) is 9.18 Å². The molecule has 0 atom stereocenters. The van der Waals surface area contributed by atoms with Crippen LogP contribution in [0.25, 0.3) is 5.69 Å². The summed E-state index contributed by atoms with van der Waals surface area (Å²) in [4.78, 5) is 17.7. The van der Waals surface area contributed by atoms with Crippen LogP contribution >= 0.6 is 0 Å². The van der Waals surface area contributed by atoms with E-state index in [4.69, 9.17) is 9.47 Å². The maximum atomic E-state index is 14.4. The number of carbonyl (C=O) groups excluding carboxylic acids is 1. The molecule has 0 unspecified atom stereocenters. The van der Waals surface area contributed by atoms with Gasteiger partial charge in [-0.25, -0.2) is 13.9 Å². The third-order valence-electron chi connectivity index (χ3n) is 4.66. The van der Waals surface area contributed by atoms with Crippen molar-refractivity contribution in [2.24, 2.45) is 10.1 Å². The molecule has 172 valence electrons. The fourth-order valence-corrected chi connectivity index (χ4v) is 3.07. The summed E-state index contributed by atoms with van der Waals surface area (Å²) in [5, 5.41) is 15.1. The van der Waals surface area contributed by atoms with Crippen molar-refractivity contribution >= 4 is 18.0 Å². The van der Waals surface area contributed by atoms with Gasteiger partial charge in [-0.05, 0) is 49.2 Å². The van der Waals surface area contributed by atoms with Gasteiger partial charge < -0.3 is 19.8 Å². The molecule has 0 radical (unpaired) electrons. The van der Waals surface area contributed by atoms with Gasteiger partial charge in [0.15, 0.2) is 11.6 Å². The van der Waals surface area contributed by atoms with Crippen molar-refractivity contribution in [2.75, 3.05) is 26.7 Å². The number of aliphatic imine (C=N–C) groups is 1. The highest BCUT2D eigenvalue weighted by molar-refractivity contribution is 6.31. The van der Waals surface area contributed by atoms with Gasteiger partial charge in [-0.2, -0.15) is 5.10 Å². The Morgan fingerprint density at radius 2 is 2.16 bits per heavy atom. The molecule has 1 aliphatic rings. The van der Waals surface area contributed by atoms with Crippen molar-refractivity contribution in [3.05, 3.63) is 30.3 Å². The molecule has 2 aromatic rings. The molecule has 1 fully saturated rings. The Hall–Kier alpha value is -3.57. The summed E-state index contributed by atoms with van der Waals surface area (Å²) >= 11 is 0. The summed E-state index contributed by atoms with van der Waals surface area (Å²) in [6, 6.07) is 4.54. The molecule has 1 amide bonds. The van der Waals surface area contributed by atoms with Crippen LogP contribution in [0.3, 0.4) is 0 Å². The van der Waals surface area contributed by atoms with Crippen LogP contribution in [-0.4, -0.2) is 82.0 Å². The van der Waals surface area contributed by atoms with Crippen molar-refractivity contribution < 1.29 is 18.7 Å². The van der Waals surface area contributed by atoms with E-state index in [1.165, 1.54) is 23.1 Å². The van der Waals surface area contributed by atoms with E-state index >= 15 is 0 Å². The van der Waals surface area contributed by atoms with Gasteiger partial charge in [0.25, 0.3) is 0 Å². The van der Waals surface area contributed by atoms with E-state index in [0.29, 0.717) is 24.5 Å². The average molecular weight is 446 g/mol. The number of hydrogen-bond acceptors (Lipinski definition) is 9. The second kappa shape index (κ2) is 11.2. The maximum Gasteiger partial charge on any atom is 0.410 e. The second-order valence-electron chi connectivity index (χ2n) is 7.47. The Bertz CT molecular complexity index is 940. The minimum atomic E-state index is -0.542. The lowest BCUT2D eigenvalue weighted by atomic mass is 10.1. The third kappa shape index (κ3) is 6.46. The van der Waals surface area contributed by atoms with Gasteiger partial charge in [0.2, 0.25) is 0 Å². The lowest BCUT2D eigenvalue weighted by molar-refractivity contribution is 0.0679. The van der Waals surface area contributed by atoms with E-state index in [1.807, 2.05) is 13.8 Å². The molecule has 1 aliphatic heterocycles. The SMILES string of the molecule is CN=C/C(COc1ccc(-n2cnnn2)cc1F)=N\NC1CCN(C(=O)OC(C)C)CC1. The molecule has 1 N–H and O–H groups in total. The van der Waals surface area contributed by atoms with E-state index < -0.39 is 5.82 Å². The zero-order chi connectivity index (χ0) is 22.9. The Morgan fingerprint density at radius 1 is 1.38 bits per heavy atom. The summed E-state index contributed by atoms with van der Waals surface area (Å²) in [7, 11) is 1.62. The topological polar surface area (TPSA) is 119 Å². The molecule has 0 saturated carbocycles. The standard InChI is InChI=1S/C20H27FN8O3/c1-14(2)32-20(30)28-8-6-15(7-9-28)24-25-16(11-22-3)12-31-19-5-4-17(10-18(19)21)29-13-23-26-27-29/h4-5,10-11,13-15,24H,6-9,12H2,1-3H3/b22-11?,25-16+. The first kappa shape index (κ1) is 23.1. The highest BCUT2D eigenvalue weighted by Gasteiger charge is 2.24. The van der Waals surface area contributed by atoms with Crippen LogP contribution in [0, 0.1) is 5.82 Å². The summed E-state index contributed by atoms with van der Waals surface area (Å²) in [6.45, 7) is 4.87. The molecule has 11 nitrogen and oxygen atoms in total. The fraction of sp³-hybridized carbons (Fsp3) is 0.500. The number of nitrogens with zero attached hydrogens (tertiary/aromatic N) is 7. The van der Waals surface area contributed by atoms with E-state index in [9.17, 15) is 9.18 Å². The number of piperidine rings is 1. The number of hydrogen-bond donors (Lipinski definition) is 1. The first-order chi connectivity index (χ1) is 15.5. The number of benzene rings is 1. The van der Waals surface area contributed by atoms with Crippen LogP contribution in [0.5, 0.6) is 5.75 Å². The van der Waals surface area contributed by atoms with Crippen molar-refractivity contribution in [1.29, 1.82) is 0 Å². The van der Waals surface area contributed by atoms with Crippen molar-refractivity contribution in [3.8, 4) is 11.4 Å². The molecule has 32 heavy (non-hydrogen) atoms.